The van der Waals surface area contributed by atoms with Crippen LogP contribution in [0.2, 0.25) is 5.02 Å². The Bertz CT molecular complexity index is 1100. The summed E-state index contributed by atoms with van der Waals surface area (Å²) in [6, 6.07) is 12.7. The standard InChI is InChI=1S/C22H22ClN3O4/c1-24-7-9-26(10-8-24)21(27)15-5-3-14(4-6-15)16-11-17-13-19(25(2)22(28)29)30-20(17)18(23)12-16/h3-6,11-13H,7-10H2,1-2H3,(H,28,29). The van der Waals surface area contributed by atoms with E-state index in [0.29, 0.717) is 21.6 Å². The first-order valence-electron chi connectivity index (χ1n) is 9.61. The third kappa shape index (κ3) is 3.86. The number of hydrogen-bond acceptors (Lipinski definition) is 4. The van der Waals surface area contributed by atoms with E-state index < -0.39 is 6.09 Å². The minimum absolute atomic E-state index is 0.0410. The number of nitrogens with zero attached hydrogens (tertiary/aromatic N) is 3. The maximum Gasteiger partial charge on any atom is 0.413 e. The molecule has 0 aliphatic carbocycles. The lowest BCUT2D eigenvalue weighted by atomic mass is 10.0. The quantitative estimate of drug-likeness (QED) is 0.676. The summed E-state index contributed by atoms with van der Waals surface area (Å²) in [5.74, 6) is 0.240. The number of piperazine rings is 1. The highest BCUT2D eigenvalue weighted by Crippen LogP contribution is 2.35. The minimum Gasteiger partial charge on any atom is -0.465 e. The second-order valence-electron chi connectivity index (χ2n) is 7.48. The molecule has 2 heterocycles. The van der Waals surface area contributed by atoms with Crippen LogP contribution in [-0.4, -0.2) is 67.2 Å². The molecule has 2 amide bonds. The molecule has 4 rings (SSSR count). The first-order chi connectivity index (χ1) is 14.3. The number of carbonyl (C=O) groups is 2. The molecule has 2 aromatic carbocycles. The lowest BCUT2D eigenvalue weighted by Gasteiger charge is -2.32. The number of anilines is 1. The summed E-state index contributed by atoms with van der Waals surface area (Å²) >= 11 is 6.38. The first-order valence-corrected chi connectivity index (χ1v) is 9.99. The van der Waals surface area contributed by atoms with E-state index in [1.807, 2.05) is 35.2 Å². The molecule has 0 atom stereocenters. The summed E-state index contributed by atoms with van der Waals surface area (Å²) in [6.45, 7) is 3.23. The smallest absolute Gasteiger partial charge is 0.413 e. The van der Waals surface area contributed by atoms with Gasteiger partial charge in [-0.25, -0.2) is 4.79 Å². The van der Waals surface area contributed by atoms with Gasteiger partial charge >= 0.3 is 6.09 Å². The average molecular weight is 428 g/mol. The van der Waals surface area contributed by atoms with E-state index in [1.54, 1.807) is 12.1 Å². The minimum atomic E-state index is -1.12. The molecular weight excluding hydrogens is 406 g/mol. The number of carboxylic acid groups (broad SMARTS) is 1. The lowest BCUT2D eigenvalue weighted by molar-refractivity contribution is 0.0664. The van der Waals surface area contributed by atoms with E-state index >= 15 is 0 Å². The summed E-state index contributed by atoms with van der Waals surface area (Å²) in [5.41, 5.74) is 2.86. The summed E-state index contributed by atoms with van der Waals surface area (Å²) in [6.07, 6.45) is -1.12. The number of halogens is 1. The van der Waals surface area contributed by atoms with Crippen LogP contribution in [0.4, 0.5) is 10.7 Å². The molecule has 0 saturated carbocycles. The summed E-state index contributed by atoms with van der Waals surface area (Å²) in [4.78, 5) is 29.0. The SMILES string of the molecule is CN1CCN(C(=O)c2ccc(-c3cc(Cl)c4oc(N(C)C(=O)O)cc4c3)cc2)CC1. The number of rotatable bonds is 3. The van der Waals surface area contributed by atoms with Gasteiger partial charge in [-0.2, -0.15) is 0 Å². The van der Waals surface area contributed by atoms with Crippen LogP contribution >= 0.6 is 11.6 Å². The molecule has 1 N–H and O–H groups in total. The van der Waals surface area contributed by atoms with E-state index in [9.17, 15) is 9.59 Å². The largest absolute Gasteiger partial charge is 0.465 e. The van der Waals surface area contributed by atoms with Crippen LogP contribution in [0.1, 0.15) is 10.4 Å². The molecule has 8 heteroatoms. The maximum absolute atomic E-state index is 12.7. The van der Waals surface area contributed by atoms with Crippen molar-refractivity contribution in [2.75, 3.05) is 45.2 Å². The van der Waals surface area contributed by atoms with Crippen molar-refractivity contribution in [2.45, 2.75) is 0 Å². The Morgan fingerprint density at radius 3 is 2.33 bits per heavy atom. The molecule has 0 radical (unpaired) electrons. The monoisotopic (exact) mass is 427 g/mol. The van der Waals surface area contributed by atoms with Gasteiger partial charge in [0.1, 0.15) is 0 Å². The van der Waals surface area contributed by atoms with Crippen LogP contribution in [-0.2, 0) is 0 Å². The molecule has 30 heavy (non-hydrogen) atoms. The van der Waals surface area contributed by atoms with Crippen LogP contribution in [0.5, 0.6) is 0 Å². The fraction of sp³-hybridized carbons (Fsp3) is 0.273. The molecule has 1 aromatic heterocycles. The number of likely N-dealkylation sites (N-methyl/N-ethyl adjacent to an activating group) is 1. The van der Waals surface area contributed by atoms with Gasteiger partial charge < -0.3 is 19.3 Å². The van der Waals surface area contributed by atoms with Gasteiger partial charge in [0.15, 0.2) is 5.58 Å². The Morgan fingerprint density at radius 2 is 1.70 bits per heavy atom. The van der Waals surface area contributed by atoms with E-state index in [2.05, 4.69) is 11.9 Å². The lowest BCUT2D eigenvalue weighted by Crippen LogP contribution is -2.47. The third-order valence-corrected chi connectivity index (χ3v) is 5.71. The highest BCUT2D eigenvalue weighted by Gasteiger charge is 2.20. The number of benzene rings is 2. The van der Waals surface area contributed by atoms with Gasteiger partial charge in [0.2, 0.25) is 5.88 Å². The van der Waals surface area contributed by atoms with Crippen LogP contribution in [0.25, 0.3) is 22.1 Å². The van der Waals surface area contributed by atoms with Crippen molar-refractivity contribution in [1.29, 1.82) is 0 Å². The molecule has 1 fully saturated rings. The first kappa shape index (κ1) is 20.3. The Kier molecular flexibility index (Phi) is 5.40. The number of carbonyl (C=O) groups excluding carboxylic acids is 1. The van der Waals surface area contributed by atoms with Gasteiger partial charge in [-0.15, -0.1) is 0 Å². The van der Waals surface area contributed by atoms with Gasteiger partial charge in [0.25, 0.3) is 5.91 Å². The Morgan fingerprint density at radius 1 is 1.03 bits per heavy atom. The Labute approximate surface area is 179 Å². The second kappa shape index (κ2) is 8.01. The van der Waals surface area contributed by atoms with Crippen LogP contribution < -0.4 is 4.90 Å². The molecule has 1 aliphatic rings. The predicted octanol–water partition coefficient (Wildman–Crippen LogP) is 4.26. The molecule has 1 aliphatic heterocycles. The topological polar surface area (TPSA) is 77.2 Å². The normalized spacial score (nSPS) is 14.8. The van der Waals surface area contributed by atoms with Gasteiger partial charge in [0.05, 0.1) is 5.02 Å². The Hall–Kier alpha value is -3.03. The molecule has 0 bridgehead atoms. The van der Waals surface area contributed by atoms with Crippen molar-refractivity contribution in [3.8, 4) is 11.1 Å². The molecule has 7 nitrogen and oxygen atoms in total. The number of amides is 2. The summed E-state index contributed by atoms with van der Waals surface area (Å²) in [5, 5.41) is 10.2. The maximum atomic E-state index is 12.7. The second-order valence-corrected chi connectivity index (χ2v) is 7.88. The van der Waals surface area contributed by atoms with Crippen molar-refractivity contribution in [3.05, 3.63) is 53.1 Å². The Balaban J connectivity index is 1.59. The van der Waals surface area contributed by atoms with Crippen LogP contribution in [0.15, 0.2) is 46.9 Å². The molecule has 1 saturated heterocycles. The van der Waals surface area contributed by atoms with Crippen molar-refractivity contribution in [3.63, 3.8) is 0 Å². The van der Waals surface area contributed by atoms with Gasteiger partial charge in [-0.1, -0.05) is 23.7 Å². The van der Waals surface area contributed by atoms with E-state index in [0.717, 1.165) is 42.2 Å². The number of hydrogen-bond donors (Lipinski definition) is 1. The predicted molar refractivity (Wildman–Crippen MR) is 116 cm³/mol. The summed E-state index contributed by atoms with van der Waals surface area (Å²) in [7, 11) is 3.46. The zero-order valence-electron chi connectivity index (χ0n) is 16.8. The zero-order valence-corrected chi connectivity index (χ0v) is 17.5. The van der Waals surface area contributed by atoms with Gasteiger partial charge in [0, 0.05) is 50.2 Å². The van der Waals surface area contributed by atoms with Gasteiger partial charge in [-0.3, -0.25) is 9.69 Å². The zero-order chi connectivity index (χ0) is 21.4. The van der Waals surface area contributed by atoms with E-state index in [4.69, 9.17) is 21.1 Å². The fourth-order valence-corrected chi connectivity index (χ4v) is 3.79. The molecule has 156 valence electrons. The highest BCUT2D eigenvalue weighted by atomic mass is 35.5. The van der Waals surface area contributed by atoms with Gasteiger partial charge in [-0.05, 0) is 42.4 Å². The number of furan rings is 1. The fourth-order valence-electron chi connectivity index (χ4n) is 3.52. The van der Waals surface area contributed by atoms with E-state index in [1.165, 1.54) is 7.05 Å². The molecule has 3 aromatic rings. The van der Waals surface area contributed by atoms with Crippen molar-refractivity contribution >= 4 is 40.5 Å². The summed E-state index contributed by atoms with van der Waals surface area (Å²) < 4.78 is 5.60. The third-order valence-electron chi connectivity index (χ3n) is 5.43. The van der Waals surface area contributed by atoms with Crippen molar-refractivity contribution in [2.24, 2.45) is 0 Å². The van der Waals surface area contributed by atoms with Crippen molar-refractivity contribution in [1.82, 2.24) is 9.80 Å². The van der Waals surface area contributed by atoms with Crippen LogP contribution in [0.3, 0.4) is 0 Å². The average Bonchev–Trinajstić information content (AvgIpc) is 3.18. The van der Waals surface area contributed by atoms with E-state index in [-0.39, 0.29) is 11.8 Å². The van der Waals surface area contributed by atoms with Crippen molar-refractivity contribution < 1.29 is 19.1 Å². The number of fused-ring (bicyclic) bond motifs is 1. The highest BCUT2D eigenvalue weighted by molar-refractivity contribution is 6.35. The molecule has 0 unspecified atom stereocenters. The van der Waals surface area contributed by atoms with Crippen LogP contribution in [0, 0.1) is 0 Å². The molecule has 0 spiro atoms. The molecular formula is C22H22ClN3O4.